The first-order chi connectivity index (χ1) is 8.66. The molecular formula is C11H15BrF2O5. The van der Waals surface area contributed by atoms with Crippen LogP contribution in [0.5, 0.6) is 0 Å². The fourth-order valence-electron chi connectivity index (χ4n) is 1.75. The predicted octanol–water partition coefficient (Wildman–Crippen LogP) is 1.87. The molecule has 4 atom stereocenters. The van der Waals surface area contributed by atoms with Crippen molar-refractivity contribution in [3.05, 3.63) is 0 Å². The summed E-state index contributed by atoms with van der Waals surface area (Å²) in [4.78, 5) is 21.6. The molecule has 1 aliphatic heterocycles. The molecule has 8 heteroatoms. The third kappa shape index (κ3) is 3.85. The third-order valence-electron chi connectivity index (χ3n) is 2.82. The van der Waals surface area contributed by atoms with E-state index in [9.17, 15) is 18.4 Å². The number of esters is 2. The molecule has 110 valence electrons. The Morgan fingerprint density at radius 2 is 1.89 bits per heavy atom. The van der Waals surface area contributed by atoms with Crippen molar-refractivity contribution in [2.45, 2.75) is 43.9 Å². The molecule has 0 aliphatic carbocycles. The highest BCUT2D eigenvalue weighted by Crippen LogP contribution is 2.42. The molecule has 0 aromatic rings. The van der Waals surface area contributed by atoms with Crippen LogP contribution in [0.2, 0.25) is 0 Å². The number of hydrogen-bond donors (Lipinski definition) is 0. The van der Waals surface area contributed by atoms with E-state index in [0.29, 0.717) is 0 Å². The summed E-state index contributed by atoms with van der Waals surface area (Å²) in [5, 5.41) is -0.883. The Labute approximate surface area is 117 Å². The van der Waals surface area contributed by atoms with E-state index < -0.39 is 47.6 Å². The number of carbonyl (C=O) groups excluding carboxylic acids is 2. The number of rotatable bonds is 3. The lowest BCUT2D eigenvalue weighted by molar-refractivity contribution is -0.258. The van der Waals surface area contributed by atoms with Crippen LogP contribution in [0.25, 0.3) is 0 Å². The van der Waals surface area contributed by atoms with Gasteiger partial charge in [-0.15, -0.1) is 0 Å². The summed E-state index contributed by atoms with van der Waals surface area (Å²) >= 11 is 3.05. The molecule has 1 saturated heterocycles. The van der Waals surface area contributed by atoms with Gasteiger partial charge in [0.05, 0.1) is 5.92 Å². The second-order valence-electron chi connectivity index (χ2n) is 4.32. The van der Waals surface area contributed by atoms with E-state index in [4.69, 9.17) is 9.47 Å². The van der Waals surface area contributed by atoms with Gasteiger partial charge in [0.25, 0.3) is 5.92 Å². The van der Waals surface area contributed by atoms with Crippen molar-refractivity contribution in [1.82, 2.24) is 0 Å². The van der Waals surface area contributed by atoms with Crippen molar-refractivity contribution in [3.63, 3.8) is 0 Å². The van der Waals surface area contributed by atoms with Gasteiger partial charge in [-0.25, -0.2) is 8.78 Å². The lowest BCUT2D eigenvalue weighted by atomic mass is 9.90. The van der Waals surface area contributed by atoms with Crippen molar-refractivity contribution >= 4 is 27.9 Å². The Morgan fingerprint density at radius 3 is 2.37 bits per heavy atom. The van der Waals surface area contributed by atoms with Crippen molar-refractivity contribution in [1.29, 1.82) is 0 Å². The zero-order valence-corrected chi connectivity index (χ0v) is 12.3. The van der Waals surface area contributed by atoms with Crippen molar-refractivity contribution in [3.8, 4) is 0 Å². The predicted molar refractivity (Wildman–Crippen MR) is 63.9 cm³/mol. The van der Waals surface area contributed by atoms with Crippen molar-refractivity contribution in [2.75, 3.05) is 6.61 Å². The fourth-order valence-corrected chi connectivity index (χ4v) is 2.58. The summed E-state index contributed by atoms with van der Waals surface area (Å²) in [6, 6.07) is 0. The maximum Gasteiger partial charge on any atom is 0.303 e. The molecule has 1 rings (SSSR count). The number of ether oxygens (including phenoxy) is 3. The van der Waals surface area contributed by atoms with Gasteiger partial charge in [0.2, 0.25) is 0 Å². The zero-order valence-electron chi connectivity index (χ0n) is 10.7. The van der Waals surface area contributed by atoms with Crippen LogP contribution in [0.15, 0.2) is 0 Å². The number of alkyl halides is 3. The molecule has 5 nitrogen and oxygen atoms in total. The van der Waals surface area contributed by atoms with Crippen LogP contribution in [0.3, 0.4) is 0 Å². The Bertz CT molecular complexity index is 359. The summed E-state index contributed by atoms with van der Waals surface area (Å²) in [5.74, 6) is -5.88. The zero-order chi connectivity index (χ0) is 14.8. The molecular weight excluding hydrogens is 330 g/mol. The van der Waals surface area contributed by atoms with Gasteiger partial charge in [-0.1, -0.05) is 22.9 Å². The second-order valence-corrected chi connectivity index (χ2v) is 5.22. The van der Waals surface area contributed by atoms with Crippen molar-refractivity contribution in [2.24, 2.45) is 5.92 Å². The summed E-state index contributed by atoms with van der Waals surface area (Å²) in [5.41, 5.74) is 0. The van der Waals surface area contributed by atoms with E-state index in [0.717, 1.165) is 13.8 Å². The third-order valence-corrected chi connectivity index (χ3v) is 3.56. The van der Waals surface area contributed by atoms with E-state index in [1.165, 1.54) is 6.92 Å². The number of halogens is 3. The molecule has 0 amide bonds. The first-order valence-corrected chi connectivity index (χ1v) is 6.55. The SMILES string of the molecule is CC(=O)OC[C@H]1O[C@H](Br)[C@H](OC(C)=O)[C@@H](C)C1(F)F. The lowest BCUT2D eigenvalue weighted by Gasteiger charge is -2.42. The van der Waals surface area contributed by atoms with Gasteiger partial charge in [-0.3, -0.25) is 9.59 Å². The van der Waals surface area contributed by atoms with Crippen LogP contribution in [0.4, 0.5) is 8.78 Å². The number of hydrogen-bond acceptors (Lipinski definition) is 5. The average Bonchev–Trinajstić information content (AvgIpc) is 2.27. The first kappa shape index (κ1) is 16.3. The van der Waals surface area contributed by atoms with Gasteiger partial charge in [0, 0.05) is 13.8 Å². The van der Waals surface area contributed by atoms with E-state index >= 15 is 0 Å². The molecule has 0 saturated carbocycles. The molecule has 0 N–H and O–H groups in total. The van der Waals surface area contributed by atoms with Crippen LogP contribution >= 0.6 is 15.9 Å². The summed E-state index contributed by atoms with van der Waals surface area (Å²) in [6.45, 7) is 2.96. The Balaban J connectivity index is 2.81. The molecule has 0 unspecified atom stereocenters. The largest absolute Gasteiger partial charge is 0.463 e. The molecule has 0 bridgehead atoms. The molecule has 19 heavy (non-hydrogen) atoms. The minimum absolute atomic E-state index is 0.554. The Morgan fingerprint density at radius 1 is 1.32 bits per heavy atom. The van der Waals surface area contributed by atoms with E-state index in [-0.39, 0.29) is 0 Å². The monoisotopic (exact) mass is 344 g/mol. The van der Waals surface area contributed by atoms with Gasteiger partial charge in [-0.2, -0.15) is 0 Å². The van der Waals surface area contributed by atoms with Gasteiger partial charge in [0.1, 0.15) is 12.7 Å². The fraction of sp³-hybridized carbons (Fsp3) is 0.818. The highest BCUT2D eigenvalue weighted by Gasteiger charge is 2.57. The second kappa shape index (κ2) is 6.13. The topological polar surface area (TPSA) is 61.8 Å². The maximum absolute atomic E-state index is 14.1. The quantitative estimate of drug-likeness (QED) is 0.577. The van der Waals surface area contributed by atoms with Gasteiger partial charge in [-0.05, 0) is 0 Å². The summed E-state index contributed by atoms with van der Waals surface area (Å²) in [6.07, 6.45) is -2.69. The lowest BCUT2D eigenvalue weighted by Crippen LogP contribution is -2.58. The van der Waals surface area contributed by atoms with Crippen molar-refractivity contribution < 1.29 is 32.6 Å². The average molecular weight is 345 g/mol. The van der Waals surface area contributed by atoms with E-state index in [1.54, 1.807) is 0 Å². The first-order valence-electron chi connectivity index (χ1n) is 5.64. The van der Waals surface area contributed by atoms with Gasteiger partial charge >= 0.3 is 11.9 Å². The summed E-state index contributed by atoms with van der Waals surface area (Å²) in [7, 11) is 0. The number of carbonyl (C=O) groups is 2. The highest BCUT2D eigenvalue weighted by molar-refractivity contribution is 9.09. The molecule has 0 aromatic heterocycles. The Kier molecular flexibility index (Phi) is 5.26. The molecule has 1 aliphatic rings. The summed E-state index contributed by atoms with van der Waals surface area (Å²) < 4.78 is 42.5. The molecule has 0 aromatic carbocycles. The van der Waals surface area contributed by atoms with Gasteiger partial charge < -0.3 is 14.2 Å². The van der Waals surface area contributed by atoms with Crippen LogP contribution in [-0.2, 0) is 23.8 Å². The van der Waals surface area contributed by atoms with Gasteiger partial charge in [0.15, 0.2) is 11.1 Å². The van der Waals surface area contributed by atoms with E-state index in [1.807, 2.05) is 0 Å². The maximum atomic E-state index is 14.1. The highest BCUT2D eigenvalue weighted by atomic mass is 79.9. The molecule has 0 radical (unpaired) electrons. The van der Waals surface area contributed by atoms with Crippen LogP contribution in [-0.4, -0.2) is 41.7 Å². The molecule has 0 spiro atoms. The van der Waals surface area contributed by atoms with Crippen LogP contribution in [0, 0.1) is 5.92 Å². The smallest absolute Gasteiger partial charge is 0.303 e. The molecule has 1 fully saturated rings. The van der Waals surface area contributed by atoms with Crippen LogP contribution in [0.1, 0.15) is 20.8 Å². The normalized spacial score (nSPS) is 33.6. The minimum Gasteiger partial charge on any atom is -0.463 e. The standard InChI is InChI=1S/C11H15BrF2O5/c1-5-9(18-7(3)16)10(12)19-8(11(5,13)14)4-17-6(2)15/h5,8-10H,4H2,1-3H3/t5-,8-,9-,10+/m1/s1. The van der Waals surface area contributed by atoms with E-state index in [2.05, 4.69) is 20.7 Å². The van der Waals surface area contributed by atoms with Crippen LogP contribution < -0.4 is 0 Å². The molecule has 1 heterocycles. The minimum atomic E-state index is -3.28. The Hall–Kier alpha value is -0.760.